The van der Waals surface area contributed by atoms with Gasteiger partial charge in [0.1, 0.15) is 0 Å². The van der Waals surface area contributed by atoms with E-state index < -0.39 is 23.7 Å². The molecule has 0 aliphatic heterocycles. The topological polar surface area (TPSA) is 113 Å². The largest absolute Gasteiger partial charge is 0.490 e. The van der Waals surface area contributed by atoms with E-state index in [-0.39, 0.29) is 5.95 Å². The number of rotatable bonds is 4. The summed E-state index contributed by atoms with van der Waals surface area (Å²) in [6.07, 6.45) is -3.67. The molecule has 13 heteroatoms. The van der Waals surface area contributed by atoms with Crippen LogP contribution in [0.3, 0.4) is 0 Å². The van der Waals surface area contributed by atoms with Gasteiger partial charge in [-0.25, -0.2) is 14.2 Å². The molecule has 0 aliphatic carbocycles. The average molecular weight is 349 g/mol. The molecule has 0 saturated carbocycles. The molecular weight excluding hydrogens is 340 g/mol. The highest BCUT2D eigenvalue weighted by molar-refractivity contribution is 6.29. The smallest absolute Gasteiger partial charge is 0.481 e. The number of hydrogen-bond donors (Lipinski definition) is 3. The highest BCUT2D eigenvalue weighted by Gasteiger charge is 2.38. The predicted molar refractivity (Wildman–Crippen MR) is 64.8 cm³/mol. The van der Waals surface area contributed by atoms with Gasteiger partial charge in [0, 0.05) is 12.3 Å². The van der Waals surface area contributed by atoms with Crippen LogP contribution in [-0.4, -0.2) is 45.9 Å². The fraction of sp³-hybridized carbons (Fsp3) is 0.333. The Hall–Kier alpha value is -2.37. The molecule has 0 radical (unpaired) electrons. The van der Waals surface area contributed by atoms with Crippen molar-refractivity contribution >= 4 is 29.4 Å². The first-order chi connectivity index (χ1) is 10.1. The number of aliphatic carboxylic acids is 1. The number of amides is 1. The third-order valence-corrected chi connectivity index (χ3v) is 1.78. The number of nitrogens with zero attached hydrogens (tertiary/aromatic N) is 2. The van der Waals surface area contributed by atoms with E-state index in [2.05, 4.69) is 15.4 Å². The van der Waals surface area contributed by atoms with Crippen LogP contribution in [-0.2, 0) is 9.59 Å². The molecule has 0 spiro atoms. The van der Waals surface area contributed by atoms with Crippen LogP contribution in [0.2, 0.25) is 0 Å². The number of methoxy groups -OCH3 is 1. The Labute approximate surface area is 125 Å². The Kier molecular flexibility index (Phi) is 7.87. The maximum absolute atomic E-state index is 12.2. The van der Waals surface area contributed by atoms with Gasteiger partial charge in [-0.3, -0.25) is 15.6 Å². The number of ether oxygens (including phenoxy) is 1. The molecule has 8 nitrogen and oxygen atoms in total. The number of alkyl halides is 5. The monoisotopic (exact) mass is 348 g/mol. The number of hydrogen-bond acceptors (Lipinski definition) is 6. The van der Waals surface area contributed by atoms with E-state index in [0.717, 1.165) is 0 Å². The van der Waals surface area contributed by atoms with Crippen molar-refractivity contribution in [2.45, 2.75) is 11.8 Å². The molecule has 22 heavy (non-hydrogen) atoms. The van der Waals surface area contributed by atoms with Crippen molar-refractivity contribution in [3.63, 3.8) is 0 Å². The molecule has 1 heterocycles. The molecule has 1 rings (SSSR count). The summed E-state index contributed by atoms with van der Waals surface area (Å²) in [5, 5.41) is 7.12. The lowest BCUT2D eigenvalue weighted by molar-refractivity contribution is -0.192. The van der Waals surface area contributed by atoms with Crippen LogP contribution in [0.5, 0.6) is 5.88 Å². The van der Waals surface area contributed by atoms with Gasteiger partial charge in [0.05, 0.1) is 7.11 Å². The first-order valence-corrected chi connectivity index (χ1v) is 5.52. The Morgan fingerprint density at radius 3 is 2.41 bits per heavy atom. The summed E-state index contributed by atoms with van der Waals surface area (Å²) in [7, 11) is 1.43. The summed E-state index contributed by atoms with van der Waals surface area (Å²) in [6.45, 7) is 0. The van der Waals surface area contributed by atoms with E-state index in [0.29, 0.717) is 5.88 Å². The molecule has 0 fully saturated rings. The summed E-state index contributed by atoms with van der Waals surface area (Å²) in [6, 6.07) is 1.52. The quantitative estimate of drug-likeness (QED) is 0.424. The highest BCUT2D eigenvalue weighted by Crippen LogP contribution is 2.13. The van der Waals surface area contributed by atoms with E-state index in [4.69, 9.17) is 26.2 Å². The van der Waals surface area contributed by atoms with Gasteiger partial charge in [-0.1, -0.05) is 11.6 Å². The number of halogens is 5. The molecule has 0 aliphatic rings. The number of anilines is 1. The number of carboxylic acid groups (broad SMARTS) is 1. The molecule has 0 bridgehead atoms. The molecular formula is C9H9ClF4N4O4. The summed E-state index contributed by atoms with van der Waals surface area (Å²) in [4.78, 5) is 27.1. The molecule has 0 aromatic carbocycles. The number of nitrogens with one attached hydrogen (secondary N) is 2. The number of carbonyl (C=O) groups excluding carboxylic acids is 1. The van der Waals surface area contributed by atoms with Crippen molar-refractivity contribution in [3.8, 4) is 5.88 Å². The van der Waals surface area contributed by atoms with Gasteiger partial charge in [-0.05, 0) is 0 Å². The molecule has 1 aromatic rings. The minimum Gasteiger partial charge on any atom is -0.481 e. The lowest BCUT2D eigenvalue weighted by Gasteiger charge is -2.06. The minimum atomic E-state index is -5.08. The van der Waals surface area contributed by atoms with Crippen molar-refractivity contribution in [2.24, 2.45) is 0 Å². The summed E-state index contributed by atoms with van der Waals surface area (Å²) >= 11 is 4.87. The van der Waals surface area contributed by atoms with Crippen LogP contribution in [0.4, 0.5) is 23.5 Å². The molecule has 1 amide bonds. The number of hydrazine groups is 1. The summed E-state index contributed by atoms with van der Waals surface area (Å²) in [5.74, 6) is -3.40. The standard InChI is InChI=1S/C7H8ClFN4O2.C2HF3O2/c1-15-4-2-3-10-7(11-4)13-12-6(14)5(8)9;3-2(4,5)1(6)7/h2-3,5H,1H3,(H,12,14)(H,10,11,13);(H,6,7). The number of carboxylic acids is 1. The second kappa shape index (κ2) is 8.81. The molecule has 1 aromatic heterocycles. The summed E-state index contributed by atoms with van der Waals surface area (Å²) < 4.78 is 48.7. The van der Waals surface area contributed by atoms with Crippen LogP contribution in [0, 0.1) is 0 Å². The van der Waals surface area contributed by atoms with E-state index in [1.54, 1.807) is 0 Å². The Morgan fingerprint density at radius 1 is 1.45 bits per heavy atom. The van der Waals surface area contributed by atoms with Crippen molar-refractivity contribution in [2.75, 3.05) is 12.5 Å². The Bertz CT molecular complexity index is 515. The van der Waals surface area contributed by atoms with Crippen molar-refractivity contribution in [1.82, 2.24) is 15.4 Å². The zero-order valence-electron chi connectivity index (χ0n) is 10.7. The number of carbonyl (C=O) groups is 2. The zero-order chi connectivity index (χ0) is 17.3. The highest BCUT2D eigenvalue weighted by atomic mass is 35.5. The summed E-state index contributed by atoms with van der Waals surface area (Å²) in [5.41, 5.74) is 2.13. The van der Waals surface area contributed by atoms with Gasteiger partial charge in [-0.2, -0.15) is 18.2 Å². The van der Waals surface area contributed by atoms with Gasteiger partial charge in [-0.15, -0.1) is 0 Å². The van der Waals surface area contributed by atoms with E-state index in [1.807, 2.05) is 5.43 Å². The van der Waals surface area contributed by atoms with E-state index in [1.165, 1.54) is 19.4 Å². The fourth-order valence-corrected chi connectivity index (χ4v) is 0.743. The van der Waals surface area contributed by atoms with Crippen LogP contribution in [0.1, 0.15) is 0 Å². The van der Waals surface area contributed by atoms with Gasteiger partial charge in [0.15, 0.2) is 0 Å². The first kappa shape index (κ1) is 19.6. The third-order valence-electron chi connectivity index (χ3n) is 1.58. The van der Waals surface area contributed by atoms with Crippen molar-refractivity contribution < 1.29 is 37.0 Å². The number of aromatic nitrogens is 2. The lowest BCUT2D eigenvalue weighted by Crippen LogP contribution is -2.34. The van der Waals surface area contributed by atoms with Crippen LogP contribution < -0.4 is 15.6 Å². The van der Waals surface area contributed by atoms with Crippen LogP contribution in [0.15, 0.2) is 12.3 Å². The molecule has 124 valence electrons. The van der Waals surface area contributed by atoms with Gasteiger partial charge < -0.3 is 9.84 Å². The minimum absolute atomic E-state index is 0.0695. The SMILES string of the molecule is COc1ccnc(NNC(=O)C(F)Cl)n1.O=C(O)C(F)(F)F. The third kappa shape index (κ3) is 8.04. The Balaban J connectivity index is 0.000000534. The van der Waals surface area contributed by atoms with Gasteiger partial charge in [0.2, 0.25) is 11.8 Å². The molecule has 0 saturated heterocycles. The molecule has 3 N–H and O–H groups in total. The average Bonchev–Trinajstić information content (AvgIpc) is 2.44. The first-order valence-electron chi connectivity index (χ1n) is 5.09. The van der Waals surface area contributed by atoms with Crippen LogP contribution in [0.25, 0.3) is 0 Å². The second-order valence-corrected chi connectivity index (χ2v) is 3.52. The van der Waals surface area contributed by atoms with E-state index >= 15 is 0 Å². The van der Waals surface area contributed by atoms with Crippen molar-refractivity contribution in [3.05, 3.63) is 12.3 Å². The fourth-order valence-electron chi connectivity index (χ4n) is 0.688. The van der Waals surface area contributed by atoms with Crippen molar-refractivity contribution in [1.29, 1.82) is 0 Å². The zero-order valence-corrected chi connectivity index (χ0v) is 11.4. The van der Waals surface area contributed by atoms with Crippen LogP contribution >= 0.6 is 11.6 Å². The van der Waals surface area contributed by atoms with Gasteiger partial charge in [0.25, 0.3) is 11.5 Å². The maximum atomic E-state index is 12.2. The maximum Gasteiger partial charge on any atom is 0.490 e. The molecule has 1 atom stereocenters. The van der Waals surface area contributed by atoms with Gasteiger partial charge >= 0.3 is 12.1 Å². The predicted octanol–water partition coefficient (Wildman–Crippen LogP) is 1.10. The van der Waals surface area contributed by atoms with E-state index in [9.17, 15) is 22.4 Å². The second-order valence-electron chi connectivity index (χ2n) is 3.14. The lowest BCUT2D eigenvalue weighted by atomic mass is 10.6. The Morgan fingerprint density at radius 2 is 2.00 bits per heavy atom. The molecule has 1 unspecified atom stereocenters. The normalized spacial score (nSPS) is 11.5.